The van der Waals surface area contributed by atoms with Crippen molar-refractivity contribution in [3.05, 3.63) is 34.4 Å². The van der Waals surface area contributed by atoms with Crippen molar-refractivity contribution in [3.63, 3.8) is 0 Å². The zero-order valence-corrected chi connectivity index (χ0v) is 12.5. The number of carbonyl (C=O) groups excluding carboxylic acids is 1. The van der Waals surface area contributed by atoms with Crippen molar-refractivity contribution in [2.75, 3.05) is 0 Å². The van der Waals surface area contributed by atoms with Crippen molar-refractivity contribution >= 4 is 32.9 Å². The first-order chi connectivity index (χ1) is 8.83. The van der Waals surface area contributed by atoms with Gasteiger partial charge in [0.2, 0.25) is 0 Å². The van der Waals surface area contributed by atoms with E-state index in [1.807, 2.05) is 20.8 Å². The highest BCUT2D eigenvalue weighted by atomic mass is 79.9. The molecule has 0 amide bonds. The summed E-state index contributed by atoms with van der Waals surface area (Å²) in [5.41, 5.74) is 0.611. The number of carbonyl (C=O) groups is 1. The normalized spacial score (nSPS) is 11.3. The van der Waals surface area contributed by atoms with Crippen LogP contribution in [0.25, 0.3) is 10.9 Å². The number of fused-ring (bicyclic) bond motifs is 1. The zero-order valence-electron chi connectivity index (χ0n) is 10.9. The lowest BCUT2D eigenvalue weighted by Crippen LogP contribution is -2.26. The Labute approximate surface area is 119 Å². The molecule has 0 spiro atoms. The Kier molecular flexibility index (Phi) is 3.38. The van der Waals surface area contributed by atoms with E-state index in [2.05, 4.69) is 22.0 Å². The average molecular weight is 321 g/mol. The molecule has 0 aliphatic heterocycles. The maximum absolute atomic E-state index is 12.1. The van der Waals surface area contributed by atoms with Crippen LogP contribution in [0.2, 0.25) is 0 Å². The number of rotatable bonds is 0. The highest BCUT2D eigenvalue weighted by Gasteiger charge is 2.21. The summed E-state index contributed by atoms with van der Waals surface area (Å²) in [6.45, 7) is 5.44. The minimum Gasteiger partial charge on any atom is -0.443 e. The largest absolute Gasteiger partial charge is 0.443 e. The number of aromatic nitrogens is 1. The molecule has 0 aliphatic rings. The van der Waals surface area contributed by atoms with E-state index in [0.717, 1.165) is 5.39 Å². The van der Waals surface area contributed by atoms with Crippen molar-refractivity contribution < 1.29 is 9.53 Å². The molecule has 4 nitrogen and oxygen atoms in total. The molecule has 98 valence electrons. The Bertz CT molecular complexity index is 690. The SMILES string of the molecule is CC(C)(C)OC(=O)n1cc(Br)c2c(C#N)cccc21. The molecule has 0 unspecified atom stereocenters. The van der Waals surface area contributed by atoms with Crippen molar-refractivity contribution in [2.45, 2.75) is 26.4 Å². The molecule has 0 saturated heterocycles. The van der Waals surface area contributed by atoms with Gasteiger partial charge in [-0.1, -0.05) is 6.07 Å². The summed E-state index contributed by atoms with van der Waals surface area (Å²) >= 11 is 3.38. The number of nitrogens with zero attached hydrogens (tertiary/aromatic N) is 2. The van der Waals surface area contributed by atoms with E-state index >= 15 is 0 Å². The molecule has 0 fully saturated rings. The molecule has 0 aliphatic carbocycles. The van der Waals surface area contributed by atoms with Crippen molar-refractivity contribution in [1.82, 2.24) is 4.57 Å². The van der Waals surface area contributed by atoms with Crippen LogP contribution in [0.1, 0.15) is 26.3 Å². The monoisotopic (exact) mass is 320 g/mol. The molecule has 1 heterocycles. The Balaban J connectivity index is 2.58. The fourth-order valence-electron chi connectivity index (χ4n) is 1.79. The minimum atomic E-state index is -0.563. The molecule has 0 atom stereocenters. The summed E-state index contributed by atoms with van der Waals surface area (Å²) in [7, 11) is 0. The summed E-state index contributed by atoms with van der Waals surface area (Å²) in [5, 5.41) is 9.82. The smallest absolute Gasteiger partial charge is 0.419 e. The van der Waals surface area contributed by atoms with E-state index in [1.165, 1.54) is 4.57 Å². The van der Waals surface area contributed by atoms with Crippen LogP contribution in [0.5, 0.6) is 0 Å². The Morgan fingerprint density at radius 2 is 2.11 bits per heavy atom. The van der Waals surface area contributed by atoms with E-state index in [1.54, 1.807) is 24.4 Å². The van der Waals surface area contributed by atoms with Crippen molar-refractivity contribution in [2.24, 2.45) is 0 Å². The summed E-state index contributed by atoms with van der Waals surface area (Å²) < 4.78 is 7.45. The van der Waals surface area contributed by atoms with Gasteiger partial charge in [0.15, 0.2) is 0 Å². The summed E-state index contributed by atoms with van der Waals surface area (Å²) in [6, 6.07) is 7.36. The van der Waals surface area contributed by atoms with Gasteiger partial charge in [0.05, 0.1) is 17.1 Å². The lowest BCUT2D eigenvalue weighted by atomic mass is 10.1. The van der Waals surface area contributed by atoms with E-state index in [9.17, 15) is 4.79 Å². The molecule has 0 bridgehead atoms. The second-order valence-corrected chi connectivity index (χ2v) is 5.99. The number of benzene rings is 1. The van der Waals surface area contributed by atoms with Crippen molar-refractivity contribution in [3.8, 4) is 6.07 Å². The molecule has 0 N–H and O–H groups in total. The Morgan fingerprint density at radius 3 is 2.68 bits per heavy atom. The quantitative estimate of drug-likeness (QED) is 0.735. The lowest BCUT2D eigenvalue weighted by Gasteiger charge is -2.19. The van der Waals surface area contributed by atoms with Gasteiger partial charge >= 0.3 is 6.09 Å². The zero-order chi connectivity index (χ0) is 14.2. The van der Waals surface area contributed by atoms with Crippen LogP contribution in [-0.4, -0.2) is 16.3 Å². The van der Waals surface area contributed by atoms with Gasteiger partial charge in [-0.25, -0.2) is 4.79 Å². The molecule has 1 aromatic heterocycles. The topological polar surface area (TPSA) is 55.0 Å². The third-order valence-electron chi connectivity index (χ3n) is 2.49. The fourth-order valence-corrected chi connectivity index (χ4v) is 2.42. The van der Waals surface area contributed by atoms with Crippen LogP contribution in [0.15, 0.2) is 28.9 Å². The Hall–Kier alpha value is -1.80. The van der Waals surface area contributed by atoms with Crippen LogP contribution < -0.4 is 0 Å². The highest BCUT2D eigenvalue weighted by molar-refractivity contribution is 9.10. The van der Waals surface area contributed by atoms with E-state index in [-0.39, 0.29) is 0 Å². The third-order valence-corrected chi connectivity index (χ3v) is 3.10. The predicted molar refractivity (Wildman–Crippen MR) is 76.0 cm³/mol. The van der Waals surface area contributed by atoms with Gasteiger partial charge in [0.1, 0.15) is 5.60 Å². The van der Waals surface area contributed by atoms with E-state index < -0.39 is 11.7 Å². The minimum absolute atomic E-state index is 0.460. The molecule has 5 heteroatoms. The maximum atomic E-state index is 12.1. The number of hydrogen-bond acceptors (Lipinski definition) is 3. The number of halogens is 1. The lowest BCUT2D eigenvalue weighted by molar-refractivity contribution is 0.0544. The van der Waals surface area contributed by atoms with Crippen LogP contribution in [-0.2, 0) is 4.74 Å². The number of ether oxygens (including phenoxy) is 1. The molecule has 0 saturated carbocycles. The summed E-state index contributed by atoms with van der Waals surface area (Å²) in [4.78, 5) is 12.1. The van der Waals surface area contributed by atoms with Gasteiger partial charge in [0, 0.05) is 16.1 Å². The Morgan fingerprint density at radius 1 is 1.42 bits per heavy atom. The number of hydrogen-bond donors (Lipinski definition) is 0. The van der Waals surface area contributed by atoms with Gasteiger partial charge in [-0.05, 0) is 48.8 Å². The molecule has 19 heavy (non-hydrogen) atoms. The average Bonchev–Trinajstić information content (AvgIpc) is 2.65. The van der Waals surface area contributed by atoms with Gasteiger partial charge in [0.25, 0.3) is 0 Å². The molecule has 0 radical (unpaired) electrons. The fraction of sp³-hybridized carbons (Fsp3) is 0.286. The van der Waals surface area contributed by atoms with Gasteiger partial charge in [-0.15, -0.1) is 0 Å². The molecular formula is C14H13BrN2O2. The first-order valence-corrected chi connectivity index (χ1v) is 6.56. The first-order valence-electron chi connectivity index (χ1n) is 5.76. The van der Waals surface area contributed by atoms with Crippen LogP contribution >= 0.6 is 15.9 Å². The molecule has 2 aromatic rings. The third kappa shape index (κ3) is 2.64. The van der Waals surface area contributed by atoms with E-state index in [0.29, 0.717) is 15.6 Å². The maximum Gasteiger partial charge on any atom is 0.419 e. The molecule has 1 aromatic carbocycles. The van der Waals surface area contributed by atoms with Gasteiger partial charge < -0.3 is 4.74 Å². The summed E-state index contributed by atoms with van der Waals surface area (Å²) in [6.07, 6.45) is 1.16. The predicted octanol–water partition coefficient (Wildman–Crippen LogP) is 4.06. The van der Waals surface area contributed by atoms with Crippen molar-refractivity contribution in [1.29, 1.82) is 5.26 Å². The molecular weight excluding hydrogens is 308 g/mol. The molecule has 2 rings (SSSR count). The summed E-state index contributed by atoms with van der Waals surface area (Å²) in [5.74, 6) is 0. The standard InChI is InChI=1S/C14H13BrN2O2/c1-14(2,3)19-13(18)17-8-10(15)12-9(7-16)5-4-6-11(12)17/h4-6,8H,1-3H3. The van der Waals surface area contributed by atoms with Gasteiger partial charge in [-0.3, -0.25) is 4.57 Å². The second-order valence-electron chi connectivity index (χ2n) is 5.14. The van der Waals surface area contributed by atoms with Gasteiger partial charge in [-0.2, -0.15) is 5.26 Å². The highest BCUT2D eigenvalue weighted by Crippen LogP contribution is 2.29. The van der Waals surface area contributed by atoms with E-state index in [4.69, 9.17) is 10.00 Å². The van der Waals surface area contributed by atoms with Crippen LogP contribution in [0.4, 0.5) is 4.79 Å². The number of nitriles is 1. The second kappa shape index (κ2) is 4.71. The van der Waals surface area contributed by atoms with Crippen LogP contribution in [0, 0.1) is 11.3 Å². The van der Waals surface area contributed by atoms with Crippen LogP contribution in [0.3, 0.4) is 0 Å². The first kappa shape index (κ1) is 13.6.